The summed E-state index contributed by atoms with van der Waals surface area (Å²) in [6, 6.07) is 6.86. The zero-order valence-corrected chi connectivity index (χ0v) is 15.0. The number of halogens is 3. The molecule has 0 aromatic heterocycles. The highest BCUT2D eigenvalue weighted by Crippen LogP contribution is 2.33. The van der Waals surface area contributed by atoms with E-state index < -0.39 is 10.8 Å². The van der Waals surface area contributed by atoms with Gasteiger partial charge >= 0.3 is 0 Å². The van der Waals surface area contributed by atoms with Crippen molar-refractivity contribution in [2.24, 2.45) is 0 Å². The normalized spacial score (nSPS) is 10.7. The molecule has 25 heavy (non-hydrogen) atoms. The van der Waals surface area contributed by atoms with E-state index in [1.54, 1.807) is 6.07 Å². The summed E-state index contributed by atoms with van der Waals surface area (Å²) >= 11 is 17.9. The highest BCUT2D eigenvalue weighted by Gasteiger charge is 2.11. The number of hydrogen-bond donors (Lipinski definition) is 1. The van der Waals surface area contributed by atoms with Crippen LogP contribution in [0.4, 0.5) is 11.4 Å². The van der Waals surface area contributed by atoms with Crippen LogP contribution in [0.2, 0.25) is 15.1 Å². The van der Waals surface area contributed by atoms with Crippen molar-refractivity contribution in [2.45, 2.75) is 0 Å². The van der Waals surface area contributed by atoms with E-state index in [2.05, 4.69) is 5.32 Å². The maximum atomic E-state index is 12.0. The van der Waals surface area contributed by atoms with Crippen LogP contribution in [0, 0.1) is 10.1 Å². The summed E-state index contributed by atoms with van der Waals surface area (Å²) in [5.74, 6) is -0.114. The third-order valence-electron chi connectivity index (χ3n) is 3.08. The molecule has 0 aliphatic rings. The molecule has 0 bridgehead atoms. The molecule has 2 aromatic rings. The number of anilines is 1. The summed E-state index contributed by atoms with van der Waals surface area (Å²) in [6.45, 7) is 0. The quantitative estimate of drug-likeness (QED) is 0.423. The molecule has 0 saturated heterocycles. The van der Waals surface area contributed by atoms with E-state index in [0.717, 1.165) is 6.07 Å². The minimum absolute atomic E-state index is 0.0549. The van der Waals surface area contributed by atoms with Crippen molar-refractivity contribution < 1.29 is 14.5 Å². The highest BCUT2D eigenvalue weighted by molar-refractivity contribution is 6.36. The first kappa shape index (κ1) is 19.1. The van der Waals surface area contributed by atoms with Crippen molar-refractivity contribution in [2.75, 3.05) is 12.4 Å². The molecule has 2 aromatic carbocycles. The number of hydrogen-bond acceptors (Lipinski definition) is 4. The van der Waals surface area contributed by atoms with Gasteiger partial charge < -0.3 is 10.1 Å². The smallest absolute Gasteiger partial charge is 0.271 e. The molecule has 9 heteroatoms. The molecule has 0 heterocycles. The van der Waals surface area contributed by atoms with Gasteiger partial charge in [0, 0.05) is 28.8 Å². The van der Waals surface area contributed by atoms with Gasteiger partial charge in [0.25, 0.3) is 5.69 Å². The molecular weight excluding hydrogens is 391 g/mol. The van der Waals surface area contributed by atoms with Crippen molar-refractivity contribution in [3.63, 3.8) is 0 Å². The van der Waals surface area contributed by atoms with E-state index in [4.69, 9.17) is 39.5 Å². The summed E-state index contributed by atoms with van der Waals surface area (Å²) in [6.07, 6.45) is 2.72. The predicted molar refractivity (Wildman–Crippen MR) is 98.8 cm³/mol. The molecule has 0 unspecified atom stereocenters. The van der Waals surface area contributed by atoms with Crippen LogP contribution in [-0.2, 0) is 4.79 Å². The van der Waals surface area contributed by atoms with Crippen molar-refractivity contribution >= 4 is 58.2 Å². The number of carbonyl (C=O) groups excluding carboxylic acids is 1. The highest BCUT2D eigenvalue weighted by atomic mass is 35.5. The lowest BCUT2D eigenvalue weighted by atomic mass is 10.2. The number of rotatable bonds is 5. The van der Waals surface area contributed by atoms with E-state index in [1.165, 1.54) is 37.5 Å². The number of carbonyl (C=O) groups is 1. The number of nitro groups is 1. The number of benzene rings is 2. The molecule has 0 aliphatic heterocycles. The second-order valence-electron chi connectivity index (χ2n) is 4.75. The Hall–Kier alpha value is -2.28. The molecule has 130 valence electrons. The number of nitrogens with one attached hydrogen (secondary N) is 1. The molecule has 0 aliphatic carbocycles. The Balaban J connectivity index is 2.18. The Morgan fingerprint density at radius 3 is 2.52 bits per heavy atom. The summed E-state index contributed by atoms with van der Waals surface area (Å²) in [4.78, 5) is 22.1. The first-order valence-corrected chi connectivity index (χ1v) is 7.91. The van der Waals surface area contributed by atoms with Crippen LogP contribution in [0.5, 0.6) is 5.75 Å². The average Bonchev–Trinajstić information content (AvgIpc) is 2.54. The van der Waals surface area contributed by atoms with Crippen LogP contribution in [0.1, 0.15) is 5.56 Å². The average molecular weight is 402 g/mol. The van der Waals surface area contributed by atoms with Gasteiger partial charge in [-0.05, 0) is 24.3 Å². The van der Waals surface area contributed by atoms with Gasteiger partial charge in [-0.1, -0.05) is 34.8 Å². The Bertz CT molecular complexity index is 869. The van der Waals surface area contributed by atoms with E-state index in [-0.39, 0.29) is 16.4 Å². The van der Waals surface area contributed by atoms with E-state index in [9.17, 15) is 14.9 Å². The van der Waals surface area contributed by atoms with Crippen LogP contribution in [0.15, 0.2) is 36.4 Å². The number of nitro benzene ring substituents is 1. The monoisotopic (exact) mass is 400 g/mol. The Labute approximate surface area is 158 Å². The molecule has 0 fully saturated rings. The van der Waals surface area contributed by atoms with Gasteiger partial charge in [0.15, 0.2) is 0 Å². The zero-order chi connectivity index (χ0) is 18.6. The Morgan fingerprint density at radius 2 is 1.92 bits per heavy atom. The predicted octanol–water partition coefficient (Wildman–Crippen LogP) is 5.22. The number of nitrogens with zero attached hydrogens (tertiary/aromatic N) is 1. The van der Waals surface area contributed by atoms with Gasteiger partial charge in [-0.15, -0.1) is 0 Å². The third-order valence-corrected chi connectivity index (χ3v) is 3.89. The van der Waals surface area contributed by atoms with E-state index in [0.29, 0.717) is 21.4 Å². The van der Waals surface area contributed by atoms with Crippen LogP contribution in [0.25, 0.3) is 6.08 Å². The molecular formula is C16H11Cl3N2O4. The van der Waals surface area contributed by atoms with Gasteiger partial charge in [0.05, 0.1) is 27.8 Å². The number of non-ortho nitro benzene ring substituents is 1. The lowest BCUT2D eigenvalue weighted by Crippen LogP contribution is -2.08. The Morgan fingerprint density at radius 1 is 1.20 bits per heavy atom. The lowest BCUT2D eigenvalue weighted by molar-refractivity contribution is -0.384. The summed E-state index contributed by atoms with van der Waals surface area (Å²) < 4.78 is 5.18. The zero-order valence-electron chi connectivity index (χ0n) is 12.8. The number of ether oxygens (including phenoxy) is 1. The van der Waals surface area contributed by atoms with Crippen molar-refractivity contribution in [1.82, 2.24) is 0 Å². The second kappa shape index (κ2) is 8.20. The summed E-state index contributed by atoms with van der Waals surface area (Å²) in [5, 5.41) is 14.0. The van der Waals surface area contributed by atoms with Crippen molar-refractivity contribution in [3.05, 3.63) is 67.2 Å². The molecule has 0 atom stereocenters. The SMILES string of the molecule is COc1c(Cl)cc(Cl)cc1/C=C/C(=O)Nc1ccc([N+](=O)[O-])cc1Cl. The molecule has 0 radical (unpaired) electrons. The molecule has 0 saturated carbocycles. The minimum Gasteiger partial charge on any atom is -0.495 e. The largest absolute Gasteiger partial charge is 0.495 e. The summed E-state index contributed by atoms with van der Waals surface area (Å²) in [7, 11) is 1.45. The number of amides is 1. The summed E-state index contributed by atoms with van der Waals surface area (Å²) in [5.41, 5.74) is 0.597. The van der Waals surface area contributed by atoms with E-state index in [1.807, 2.05) is 0 Å². The fourth-order valence-corrected chi connectivity index (χ4v) is 2.79. The molecule has 6 nitrogen and oxygen atoms in total. The van der Waals surface area contributed by atoms with Gasteiger partial charge in [0.1, 0.15) is 5.75 Å². The fourth-order valence-electron chi connectivity index (χ4n) is 1.98. The van der Waals surface area contributed by atoms with E-state index >= 15 is 0 Å². The van der Waals surface area contributed by atoms with Gasteiger partial charge in [0.2, 0.25) is 5.91 Å². The molecule has 0 spiro atoms. The third kappa shape index (κ3) is 4.85. The molecule has 1 N–H and O–H groups in total. The minimum atomic E-state index is -0.577. The van der Waals surface area contributed by atoms with Gasteiger partial charge in [-0.25, -0.2) is 0 Å². The van der Waals surface area contributed by atoms with Crippen molar-refractivity contribution in [1.29, 1.82) is 0 Å². The first-order chi connectivity index (χ1) is 11.8. The second-order valence-corrected chi connectivity index (χ2v) is 6.00. The molecule has 2 rings (SSSR count). The maximum absolute atomic E-state index is 12.0. The lowest BCUT2D eigenvalue weighted by Gasteiger charge is -2.08. The van der Waals surface area contributed by atoms with Gasteiger partial charge in [-0.2, -0.15) is 0 Å². The van der Waals surface area contributed by atoms with Crippen LogP contribution >= 0.6 is 34.8 Å². The number of methoxy groups -OCH3 is 1. The first-order valence-electron chi connectivity index (χ1n) is 6.78. The van der Waals surface area contributed by atoms with Gasteiger partial charge in [-0.3, -0.25) is 14.9 Å². The van der Waals surface area contributed by atoms with Crippen molar-refractivity contribution in [3.8, 4) is 5.75 Å². The van der Waals surface area contributed by atoms with Crippen LogP contribution < -0.4 is 10.1 Å². The maximum Gasteiger partial charge on any atom is 0.271 e. The topological polar surface area (TPSA) is 81.5 Å². The molecule has 1 amide bonds. The van der Waals surface area contributed by atoms with Crippen LogP contribution in [0.3, 0.4) is 0 Å². The standard InChI is InChI=1S/C16H11Cl3N2O4/c1-25-16-9(6-10(17)7-13(16)19)2-5-15(22)20-14-4-3-11(21(23)24)8-12(14)18/h2-8H,1H3,(H,20,22)/b5-2+. The van der Waals surface area contributed by atoms with Crippen LogP contribution in [-0.4, -0.2) is 17.9 Å². The Kier molecular flexibility index (Phi) is 6.25. The fraction of sp³-hybridized carbons (Fsp3) is 0.0625.